The van der Waals surface area contributed by atoms with Crippen molar-refractivity contribution in [1.29, 1.82) is 0 Å². The summed E-state index contributed by atoms with van der Waals surface area (Å²) in [6.07, 6.45) is 1.99. The Morgan fingerprint density at radius 1 is 0.947 bits per heavy atom. The van der Waals surface area contributed by atoms with Crippen molar-refractivity contribution in [1.82, 2.24) is 10.1 Å². The van der Waals surface area contributed by atoms with Gasteiger partial charge < -0.3 is 5.11 Å². The zero-order valence-electron chi connectivity index (χ0n) is 10.6. The lowest BCUT2D eigenvalue weighted by Gasteiger charge is -2.02. The molecule has 0 spiro atoms. The molecule has 0 atom stereocenters. The number of rotatable bonds is 2. The minimum absolute atomic E-state index is 0.250. The summed E-state index contributed by atoms with van der Waals surface area (Å²) in [5, 5.41) is 16.2. The molecular weight excluding hydrogens is 236 g/mol. The molecule has 1 N–H and O–H groups in total. The van der Waals surface area contributed by atoms with Crippen LogP contribution in [-0.4, -0.2) is 22.9 Å². The van der Waals surface area contributed by atoms with E-state index in [1.807, 2.05) is 60.6 Å². The van der Waals surface area contributed by atoms with Crippen LogP contribution in [0.2, 0.25) is 0 Å². The van der Waals surface area contributed by atoms with E-state index in [-0.39, 0.29) is 5.75 Å². The highest BCUT2D eigenvalue weighted by Crippen LogP contribution is 2.24. The molecule has 1 heterocycles. The first-order chi connectivity index (χ1) is 9.25. The van der Waals surface area contributed by atoms with Gasteiger partial charge in [0.25, 0.3) is 0 Å². The molecule has 1 radical (unpaired) electrons. The van der Waals surface area contributed by atoms with Crippen LogP contribution in [0.5, 0.6) is 5.75 Å². The van der Waals surface area contributed by atoms with Crippen LogP contribution in [0.1, 0.15) is 11.1 Å². The summed E-state index contributed by atoms with van der Waals surface area (Å²) in [5.74, 6) is 0.250. The monoisotopic (exact) mass is 250 g/mol. The Hall–Kier alpha value is -2.55. The van der Waals surface area contributed by atoms with Crippen LogP contribution in [-0.2, 0) is 0 Å². The lowest BCUT2D eigenvalue weighted by molar-refractivity contribution is 0.461. The van der Waals surface area contributed by atoms with Crippen molar-refractivity contribution in [3.63, 3.8) is 0 Å². The Bertz CT molecular complexity index is 659. The first-order valence-electron chi connectivity index (χ1n) is 6.13. The molecule has 1 aliphatic heterocycles. The van der Waals surface area contributed by atoms with Crippen LogP contribution >= 0.6 is 0 Å². The fourth-order valence-electron chi connectivity index (χ4n) is 2.17. The van der Waals surface area contributed by atoms with Crippen molar-refractivity contribution < 1.29 is 5.11 Å². The molecule has 0 fully saturated rings. The minimum atomic E-state index is 0.250. The standard InChI is InChI=1S/C16H14N2O/c1-18-15(12-7-3-2-4-8-12)11-14(17-18)13-9-5-6-10-16(13)19/h2-11,19H,1H3/q+1. The molecule has 19 heavy (non-hydrogen) atoms. The number of nitrogens with zero attached hydrogens (tertiary/aromatic N) is 2. The maximum atomic E-state index is 9.89. The lowest BCUT2D eigenvalue weighted by Crippen LogP contribution is -2.16. The van der Waals surface area contributed by atoms with Gasteiger partial charge in [-0.3, -0.25) is 0 Å². The predicted molar refractivity (Wildman–Crippen MR) is 76.5 cm³/mol. The molecular formula is C16H14N2O+. The largest absolute Gasteiger partial charge is 0.507 e. The molecule has 0 aromatic heterocycles. The second-order valence-electron chi connectivity index (χ2n) is 4.42. The molecule has 3 nitrogen and oxygen atoms in total. The highest BCUT2D eigenvalue weighted by molar-refractivity contribution is 6.14. The lowest BCUT2D eigenvalue weighted by atomic mass is 10.1. The summed E-state index contributed by atoms with van der Waals surface area (Å²) < 4.78 is 0. The fraction of sp³-hybridized carbons (Fsp3) is 0.0625. The van der Waals surface area contributed by atoms with E-state index in [0.717, 1.165) is 22.5 Å². The van der Waals surface area contributed by atoms with Crippen LogP contribution in [0.15, 0.2) is 60.7 Å². The van der Waals surface area contributed by atoms with E-state index in [9.17, 15) is 5.11 Å². The number of allylic oxidation sites excluding steroid dienone is 1. The molecule has 0 bridgehead atoms. The molecule has 2 aromatic carbocycles. The molecule has 0 aliphatic carbocycles. The quantitative estimate of drug-likeness (QED) is 0.888. The molecule has 3 heteroatoms. The van der Waals surface area contributed by atoms with Gasteiger partial charge >= 0.3 is 5.71 Å². The summed E-state index contributed by atoms with van der Waals surface area (Å²) in [4.78, 5) is 0. The van der Waals surface area contributed by atoms with Gasteiger partial charge in [0.1, 0.15) is 11.4 Å². The number of para-hydroxylation sites is 1. The molecule has 0 saturated heterocycles. The smallest absolute Gasteiger partial charge is 0.323 e. The third-order valence-electron chi connectivity index (χ3n) is 3.13. The normalized spacial score (nSPS) is 14.3. The highest BCUT2D eigenvalue weighted by atomic mass is 16.3. The third kappa shape index (κ3) is 2.10. The molecule has 3 rings (SSSR count). The third-order valence-corrected chi connectivity index (χ3v) is 3.13. The van der Waals surface area contributed by atoms with Gasteiger partial charge in [0.15, 0.2) is 5.10 Å². The second kappa shape index (κ2) is 4.61. The minimum Gasteiger partial charge on any atom is -0.507 e. The first kappa shape index (κ1) is 11.5. The molecule has 0 amide bonds. The van der Waals surface area contributed by atoms with Gasteiger partial charge in [0, 0.05) is 5.56 Å². The van der Waals surface area contributed by atoms with Crippen LogP contribution in [0.3, 0.4) is 0 Å². The van der Waals surface area contributed by atoms with Crippen LogP contribution < -0.4 is 5.10 Å². The van der Waals surface area contributed by atoms with Crippen molar-refractivity contribution >= 4 is 11.4 Å². The summed E-state index contributed by atoms with van der Waals surface area (Å²) in [7, 11) is 1.91. The number of benzene rings is 2. The number of hydrazone groups is 1. The van der Waals surface area contributed by atoms with Gasteiger partial charge in [-0.05, 0) is 12.1 Å². The zero-order valence-corrected chi connectivity index (χ0v) is 10.6. The molecule has 93 valence electrons. The number of phenolic OH excluding ortho intramolecular Hbond substituents is 1. The number of aromatic hydroxyl groups is 1. The van der Waals surface area contributed by atoms with E-state index in [2.05, 4.69) is 5.10 Å². The van der Waals surface area contributed by atoms with Crippen LogP contribution in [0.25, 0.3) is 5.70 Å². The van der Waals surface area contributed by atoms with E-state index >= 15 is 0 Å². The van der Waals surface area contributed by atoms with Crippen LogP contribution in [0, 0.1) is 0 Å². The highest BCUT2D eigenvalue weighted by Gasteiger charge is 2.30. The van der Waals surface area contributed by atoms with Crippen molar-refractivity contribution in [2.45, 2.75) is 0 Å². The Kier molecular flexibility index (Phi) is 2.80. The summed E-state index contributed by atoms with van der Waals surface area (Å²) in [6, 6.07) is 17.3. The van der Waals surface area contributed by atoms with E-state index in [1.165, 1.54) is 0 Å². The van der Waals surface area contributed by atoms with Gasteiger partial charge in [-0.1, -0.05) is 47.5 Å². The average Bonchev–Trinajstić information content (AvgIpc) is 2.82. The van der Waals surface area contributed by atoms with Crippen molar-refractivity contribution in [2.24, 2.45) is 0 Å². The zero-order chi connectivity index (χ0) is 13.2. The Balaban J connectivity index is 2.01. The van der Waals surface area contributed by atoms with Gasteiger partial charge in [0.05, 0.1) is 18.7 Å². The summed E-state index contributed by atoms with van der Waals surface area (Å²) in [6.45, 7) is 0. The molecule has 1 aliphatic rings. The van der Waals surface area contributed by atoms with Crippen molar-refractivity contribution in [2.75, 3.05) is 7.05 Å². The van der Waals surface area contributed by atoms with Crippen molar-refractivity contribution in [3.8, 4) is 5.75 Å². The average molecular weight is 250 g/mol. The fourth-order valence-corrected chi connectivity index (χ4v) is 2.17. The summed E-state index contributed by atoms with van der Waals surface area (Å²) in [5.41, 5.74) is 3.66. The summed E-state index contributed by atoms with van der Waals surface area (Å²) >= 11 is 0. The number of hydrogen-bond acceptors (Lipinski definition) is 3. The molecule has 0 unspecified atom stereocenters. The van der Waals surface area contributed by atoms with Crippen molar-refractivity contribution in [3.05, 3.63) is 71.8 Å². The number of hydrogen-bond donors (Lipinski definition) is 1. The first-order valence-corrected chi connectivity index (χ1v) is 6.13. The predicted octanol–water partition coefficient (Wildman–Crippen LogP) is 2.42. The maximum absolute atomic E-state index is 9.89. The molecule has 0 saturated carbocycles. The number of phenols is 1. The van der Waals surface area contributed by atoms with E-state index < -0.39 is 0 Å². The van der Waals surface area contributed by atoms with E-state index in [0.29, 0.717) is 0 Å². The maximum Gasteiger partial charge on any atom is 0.323 e. The Morgan fingerprint density at radius 3 is 2.37 bits per heavy atom. The Morgan fingerprint density at radius 2 is 1.63 bits per heavy atom. The SMILES string of the molecule is CN1[N+]=C(c2ccccc2O)C=C1c1ccccc1. The second-order valence-corrected chi connectivity index (χ2v) is 4.42. The topological polar surface area (TPSA) is 37.6 Å². The van der Waals surface area contributed by atoms with E-state index in [1.54, 1.807) is 12.1 Å². The van der Waals surface area contributed by atoms with Gasteiger partial charge in [-0.25, -0.2) is 0 Å². The van der Waals surface area contributed by atoms with Gasteiger partial charge in [0.2, 0.25) is 0 Å². The van der Waals surface area contributed by atoms with E-state index in [4.69, 9.17) is 0 Å². The van der Waals surface area contributed by atoms with Crippen LogP contribution in [0.4, 0.5) is 0 Å². The Labute approximate surface area is 112 Å². The van der Waals surface area contributed by atoms with Gasteiger partial charge in [-0.15, -0.1) is 0 Å². The molecule has 2 aromatic rings. The van der Waals surface area contributed by atoms with Gasteiger partial charge in [-0.2, -0.15) is 0 Å².